The molecule has 0 radical (unpaired) electrons. The van der Waals surface area contributed by atoms with E-state index in [1.54, 1.807) is 14.2 Å². The van der Waals surface area contributed by atoms with Crippen molar-refractivity contribution < 1.29 is 9.47 Å². The fourth-order valence-corrected chi connectivity index (χ4v) is 4.58. The van der Waals surface area contributed by atoms with Crippen molar-refractivity contribution in [3.63, 3.8) is 0 Å². The molecule has 0 atom stereocenters. The number of anilines is 3. The number of nitrogens with zero attached hydrogens (tertiary/aromatic N) is 4. The molecule has 0 amide bonds. The van der Waals surface area contributed by atoms with E-state index >= 15 is 0 Å². The largest absolute Gasteiger partial charge is 0.497 e. The Hall–Kier alpha value is -3.84. The zero-order valence-corrected chi connectivity index (χ0v) is 20.7. The van der Waals surface area contributed by atoms with Gasteiger partial charge in [-0.3, -0.25) is 0 Å². The molecule has 1 aliphatic heterocycles. The quantitative estimate of drug-likeness (QED) is 0.421. The lowest BCUT2D eigenvalue weighted by Gasteiger charge is -2.35. The topological polar surface area (TPSA) is 62.8 Å². The summed E-state index contributed by atoms with van der Waals surface area (Å²) in [6, 6.07) is 18.4. The second-order valence-electron chi connectivity index (χ2n) is 8.95. The molecule has 180 valence electrons. The van der Waals surface area contributed by atoms with Crippen LogP contribution >= 0.6 is 0 Å². The van der Waals surface area contributed by atoms with Crippen molar-refractivity contribution in [1.29, 1.82) is 0 Å². The van der Waals surface area contributed by atoms with Gasteiger partial charge in [0.1, 0.15) is 11.5 Å². The molecule has 0 saturated carbocycles. The molecule has 1 aliphatic rings. The number of nitrogens with one attached hydrogen (secondary N) is 1. The van der Waals surface area contributed by atoms with Gasteiger partial charge in [0.25, 0.3) is 0 Å². The minimum atomic E-state index is 0.562. The maximum atomic E-state index is 5.47. The van der Waals surface area contributed by atoms with Gasteiger partial charge in [0.05, 0.1) is 19.7 Å². The highest BCUT2D eigenvalue weighted by molar-refractivity contribution is 5.94. The van der Waals surface area contributed by atoms with Crippen LogP contribution in [0.4, 0.5) is 17.3 Å². The van der Waals surface area contributed by atoms with E-state index in [4.69, 9.17) is 14.5 Å². The van der Waals surface area contributed by atoms with E-state index in [0.29, 0.717) is 5.95 Å². The monoisotopic (exact) mass is 469 g/mol. The average molecular weight is 470 g/mol. The molecule has 0 unspecified atom stereocenters. The molecule has 4 aromatic rings. The van der Waals surface area contributed by atoms with Crippen LogP contribution in [0.2, 0.25) is 0 Å². The molecule has 1 fully saturated rings. The lowest BCUT2D eigenvalue weighted by atomic mass is 10.0. The van der Waals surface area contributed by atoms with Crippen LogP contribution < -0.4 is 19.7 Å². The normalized spacial score (nSPS) is 14.2. The molecule has 5 rings (SSSR count). The lowest BCUT2D eigenvalue weighted by molar-refractivity contribution is 0.312. The molecular formula is C28H31N5O2. The Morgan fingerprint density at radius 2 is 1.63 bits per heavy atom. The number of rotatable bonds is 6. The Balaban J connectivity index is 1.45. The smallest absolute Gasteiger partial charge is 0.227 e. The molecule has 1 saturated heterocycles. The number of fused-ring (bicyclic) bond motifs is 1. The van der Waals surface area contributed by atoms with Crippen LogP contribution in [0, 0.1) is 6.92 Å². The van der Waals surface area contributed by atoms with Gasteiger partial charge in [0, 0.05) is 60.8 Å². The number of methoxy groups -OCH3 is 2. The van der Waals surface area contributed by atoms with Crippen LogP contribution in [-0.4, -0.2) is 62.3 Å². The van der Waals surface area contributed by atoms with Gasteiger partial charge < -0.3 is 24.6 Å². The summed E-state index contributed by atoms with van der Waals surface area (Å²) in [6.45, 7) is 6.44. The summed E-state index contributed by atoms with van der Waals surface area (Å²) in [6.07, 6.45) is 1.86. The van der Waals surface area contributed by atoms with Crippen molar-refractivity contribution >= 4 is 28.2 Å². The average Bonchev–Trinajstić information content (AvgIpc) is 2.88. The van der Waals surface area contributed by atoms with Crippen molar-refractivity contribution in [3.05, 3.63) is 66.4 Å². The maximum Gasteiger partial charge on any atom is 0.227 e. The Bertz CT molecular complexity index is 1330. The molecule has 0 aliphatic carbocycles. The van der Waals surface area contributed by atoms with E-state index < -0.39 is 0 Å². The molecule has 35 heavy (non-hydrogen) atoms. The van der Waals surface area contributed by atoms with Crippen LogP contribution in [0.15, 0.2) is 60.8 Å². The number of benzene rings is 3. The molecule has 1 N–H and O–H groups in total. The number of likely N-dealkylation sites (N-methyl/N-ethyl adjacent to an activating group) is 1. The van der Waals surface area contributed by atoms with Gasteiger partial charge in [-0.05, 0) is 55.4 Å². The summed E-state index contributed by atoms with van der Waals surface area (Å²) in [5.41, 5.74) is 6.34. The standard InChI is InChI=1S/C28H31N5O2/c1-19-14-22(8-9-26(19)33-12-10-32(2)11-13-33)30-28-29-18-20-6-5-7-25(27(20)31-28)21-15-23(34-3)17-24(16-21)35-4/h5-9,14-18H,10-13H2,1-4H3,(H,29,30,31). The van der Waals surface area contributed by atoms with Gasteiger partial charge in [0.2, 0.25) is 5.95 Å². The van der Waals surface area contributed by atoms with Gasteiger partial charge in [-0.2, -0.15) is 0 Å². The molecular weight excluding hydrogens is 438 g/mol. The third-order valence-electron chi connectivity index (χ3n) is 6.57. The minimum Gasteiger partial charge on any atom is -0.497 e. The van der Waals surface area contributed by atoms with E-state index in [0.717, 1.165) is 65.4 Å². The van der Waals surface area contributed by atoms with Crippen LogP contribution in [0.3, 0.4) is 0 Å². The predicted molar refractivity (Wildman–Crippen MR) is 142 cm³/mol. The highest BCUT2D eigenvalue weighted by Crippen LogP contribution is 2.34. The van der Waals surface area contributed by atoms with Gasteiger partial charge in [0.15, 0.2) is 0 Å². The number of hydrogen-bond donors (Lipinski definition) is 1. The fourth-order valence-electron chi connectivity index (χ4n) is 4.58. The SMILES string of the molecule is COc1cc(OC)cc(-c2cccc3cnc(Nc4ccc(N5CCN(C)CC5)c(C)c4)nc23)c1. The summed E-state index contributed by atoms with van der Waals surface area (Å²) >= 11 is 0. The number of aromatic nitrogens is 2. The summed E-state index contributed by atoms with van der Waals surface area (Å²) in [5.74, 6) is 2.03. The first-order chi connectivity index (χ1) is 17.0. The second kappa shape index (κ2) is 9.80. The van der Waals surface area contributed by atoms with Crippen LogP contribution in [0.25, 0.3) is 22.0 Å². The van der Waals surface area contributed by atoms with Gasteiger partial charge in [-0.25, -0.2) is 9.97 Å². The van der Waals surface area contributed by atoms with E-state index in [1.807, 2.05) is 36.5 Å². The number of para-hydroxylation sites is 1. The first kappa shape index (κ1) is 22.9. The molecule has 2 heterocycles. The van der Waals surface area contributed by atoms with Crippen LogP contribution in [-0.2, 0) is 0 Å². The first-order valence-electron chi connectivity index (χ1n) is 11.8. The van der Waals surface area contributed by atoms with Crippen molar-refractivity contribution in [2.75, 3.05) is 57.7 Å². The molecule has 0 bridgehead atoms. The van der Waals surface area contributed by atoms with E-state index in [9.17, 15) is 0 Å². The molecule has 3 aromatic carbocycles. The first-order valence-corrected chi connectivity index (χ1v) is 11.8. The van der Waals surface area contributed by atoms with Gasteiger partial charge >= 0.3 is 0 Å². The lowest BCUT2D eigenvalue weighted by Crippen LogP contribution is -2.44. The summed E-state index contributed by atoms with van der Waals surface area (Å²) in [5, 5.41) is 4.37. The van der Waals surface area contributed by atoms with Crippen molar-refractivity contribution in [1.82, 2.24) is 14.9 Å². The Morgan fingerprint density at radius 3 is 2.31 bits per heavy atom. The second-order valence-corrected chi connectivity index (χ2v) is 8.95. The Labute approximate surface area is 206 Å². The molecule has 0 spiro atoms. The Kier molecular flexibility index (Phi) is 6.42. The number of hydrogen-bond acceptors (Lipinski definition) is 7. The van der Waals surface area contributed by atoms with Crippen molar-refractivity contribution in [2.24, 2.45) is 0 Å². The van der Waals surface area contributed by atoms with E-state index in [-0.39, 0.29) is 0 Å². The summed E-state index contributed by atoms with van der Waals surface area (Å²) in [4.78, 5) is 14.3. The number of piperazine rings is 1. The minimum absolute atomic E-state index is 0.562. The van der Waals surface area contributed by atoms with Crippen LogP contribution in [0.5, 0.6) is 11.5 Å². The van der Waals surface area contributed by atoms with Crippen molar-refractivity contribution in [3.8, 4) is 22.6 Å². The van der Waals surface area contributed by atoms with Gasteiger partial charge in [-0.15, -0.1) is 0 Å². The summed E-state index contributed by atoms with van der Waals surface area (Å²) in [7, 11) is 5.49. The Morgan fingerprint density at radius 1 is 0.886 bits per heavy atom. The van der Waals surface area contributed by atoms with E-state index in [1.165, 1.54) is 11.3 Å². The predicted octanol–water partition coefficient (Wildman–Crippen LogP) is 5.12. The molecule has 7 nitrogen and oxygen atoms in total. The summed E-state index contributed by atoms with van der Waals surface area (Å²) < 4.78 is 10.9. The van der Waals surface area contributed by atoms with E-state index in [2.05, 4.69) is 58.3 Å². The maximum absolute atomic E-state index is 5.47. The van der Waals surface area contributed by atoms with Crippen LogP contribution in [0.1, 0.15) is 5.56 Å². The number of aryl methyl sites for hydroxylation is 1. The number of ether oxygens (including phenoxy) is 2. The third kappa shape index (κ3) is 4.86. The third-order valence-corrected chi connectivity index (χ3v) is 6.57. The zero-order chi connectivity index (χ0) is 24.4. The highest BCUT2D eigenvalue weighted by atomic mass is 16.5. The van der Waals surface area contributed by atoms with Crippen molar-refractivity contribution in [2.45, 2.75) is 6.92 Å². The zero-order valence-electron chi connectivity index (χ0n) is 20.7. The fraction of sp³-hybridized carbons (Fsp3) is 0.286. The highest BCUT2D eigenvalue weighted by Gasteiger charge is 2.16. The van der Waals surface area contributed by atoms with Gasteiger partial charge in [-0.1, -0.05) is 18.2 Å². The molecule has 1 aromatic heterocycles. The molecule has 7 heteroatoms.